The molecule has 4 heteroatoms. The second kappa shape index (κ2) is 4.77. The molecule has 0 bridgehead atoms. The van der Waals surface area contributed by atoms with Crippen LogP contribution >= 0.6 is 23.2 Å². The Kier molecular flexibility index (Phi) is 3.69. The second-order valence-corrected chi connectivity index (χ2v) is 6.00. The minimum atomic E-state index is -0.213. The fraction of sp³-hybridized carbons (Fsp3) is 0.538. The van der Waals surface area contributed by atoms with Gasteiger partial charge in [0.05, 0.1) is 16.1 Å². The Balaban J connectivity index is 1.97. The van der Waals surface area contributed by atoms with Crippen molar-refractivity contribution in [1.29, 1.82) is 0 Å². The largest absolute Gasteiger partial charge is 0.392 e. The third-order valence-electron chi connectivity index (χ3n) is 3.79. The molecule has 94 valence electrons. The third kappa shape index (κ3) is 2.45. The van der Waals surface area contributed by atoms with Crippen molar-refractivity contribution in [3.8, 4) is 0 Å². The van der Waals surface area contributed by atoms with E-state index in [0.29, 0.717) is 22.6 Å². The van der Waals surface area contributed by atoms with Gasteiger partial charge in [0.2, 0.25) is 0 Å². The van der Waals surface area contributed by atoms with E-state index >= 15 is 0 Å². The van der Waals surface area contributed by atoms with Crippen LogP contribution in [0.1, 0.15) is 25.8 Å². The highest BCUT2D eigenvalue weighted by atomic mass is 35.5. The fourth-order valence-electron chi connectivity index (χ4n) is 2.17. The highest BCUT2D eigenvalue weighted by Gasteiger charge is 2.46. The van der Waals surface area contributed by atoms with Crippen LogP contribution in [0.2, 0.25) is 10.0 Å². The van der Waals surface area contributed by atoms with E-state index in [1.54, 1.807) is 6.07 Å². The SMILES string of the molecule is CC1(C)C(O)CC1NCc1cccc(Cl)c1Cl. The summed E-state index contributed by atoms with van der Waals surface area (Å²) in [6.45, 7) is 4.82. The molecule has 0 aliphatic heterocycles. The Hall–Kier alpha value is -0.280. The number of aliphatic hydroxyl groups is 1. The quantitative estimate of drug-likeness (QED) is 0.886. The third-order valence-corrected chi connectivity index (χ3v) is 4.64. The van der Waals surface area contributed by atoms with Crippen molar-refractivity contribution < 1.29 is 5.11 Å². The van der Waals surface area contributed by atoms with E-state index in [0.717, 1.165) is 12.0 Å². The van der Waals surface area contributed by atoms with E-state index in [9.17, 15) is 5.11 Å². The summed E-state index contributed by atoms with van der Waals surface area (Å²) in [5.41, 5.74) is 0.932. The molecule has 1 fully saturated rings. The van der Waals surface area contributed by atoms with Gasteiger partial charge < -0.3 is 10.4 Å². The zero-order chi connectivity index (χ0) is 12.6. The van der Waals surface area contributed by atoms with Crippen LogP contribution in [0.5, 0.6) is 0 Å². The van der Waals surface area contributed by atoms with Crippen LogP contribution in [0.15, 0.2) is 18.2 Å². The number of halogens is 2. The van der Waals surface area contributed by atoms with Gasteiger partial charge in [-0.1, -0.05) is 49.2 Å². The molecule has 2 rings (SSSR count). The highest BCUT2D eigenvalue weighted by Crippen LogP contribution is 2.40. The number of aliphatic hydroxyl groups excluding tert-OH is 1. The molecule has 1 aliphatic rings. The molecule has 1 saturated carbocycles. The van der Waals surface area contributed by atoms with E-state index in [1.807, 2.05) is 12.1 Å². The summed E-state index contributed by atoms with van der Waals surface area (Å²) in [5.74, 6) is 0. The molecule has 0 saturated heterocycles. The molecule has 17 heavy (non-hydrogen) atoms. The first-order valence-electron chi connectivity index (χ1n) is 5.77. The molecule has 1 aromatic rings. The first-order chi connectivity index (χ1) is 7.93. The normalized spacial score (nSPS) is 26.6. The molecule has 0 radical (unpaired) electrons. The first-order valence-corrected chi connectivity index (χ1v) is 6.53. The summed E-state index contributed by atoms with van der Waals surface area (Å²) in [5, 5.41) is 14.3. The summed E-state index contributed by atoms with van der Waals surface area (Å²) in [6, 6.07) is 5.97. The maximum atomic E-state index is 9.65. The lowest BCUT2D eigenvalue weighted by Gasteiger charge is -2.49. The molecule has 2 unspecified atom stereocenters. The predicted molar refractivity (Wildman–Crippen MR) is 71.5 cm³/mol. The Morgan fingerprint density at radius 1 is 1.41 bits per heavy atom. The molecule has 1 aliphatic carbocycles. The maximum absolute atomic E-state index is 9.65. The van der Waals surface area contributed by atoms with Crippen LogP contribution in [0.25, 0.3) is 0 Å². The van der Waals surface area contributed by atoms with Crippen molar-refractivity contribution in [2.45, 2.75) is 39.0 Å². The lowest BCUT2D eigenvalue weighted by Crippen LogP contribution is -2.59. The van der Waals surface area contributed by atoms with E-state index in [-0.39, 0.29) is 11.5 Å². The molecule has 1 aromatic carbocycles. The molecule has 0 spiro atoms. The maximum Gasteiger partial charge on any atom is 0.0637 e. The lowest BCUT2D eigenvalue weighted by atomic mass is 9.64. The summed E-state index contributed by atoms with van der Waals surface area (Å²) in [6.07, 6.45) is 0.584. The van der Waals surface area contributed by atoms with Gasteiger partial charge in [-0.15, -0.1) is 0 Å². The van der Waals surface area contributed by atoms with Gasteiger partial charge >= 0.3 is 0 Å². The van der Waals surface area contributed by atoms with E-state index in [2.05, 4.69) is 19.2 Å². The Morgan fingerprint density at radius 2 is 2.12 bits per heavy atom. The van der Waals surface area contributed by atoms with Crippen LogP contribution in [0.4, 0.5) is 0 Å². The summed E-state index contributed by atoms with van der Waals surface area (Å²) < 4.78 is 0. The molecule has 0 heterocycles. The van der Waals surface area contributed by atoms with Crippen molar-refractivity contribution in [2.75, 3.05) is 0 Å². The van der Waals surface area contributed by atoms with Crippen molar-refractivity contribution >= 4 is 23.2 Å². The number of benzene rings is 1. The fourth-order valence-corrected chi connectivity index (χ4v) is 2.55. The van der Waals surface area contributed by atoms with Crippen molar-refractivity contribution in [1.82, 2.24) is 5.32 Å². The van der Waals surface area contributed by atoms with Crippen molar-refractivity contribution in [2.24, 2.45) is 5.41 Å². The summed E-state index contributed by atoms with van der Waals surface area (Å²) >= 11 is 12.1. The first kappa shape index (κ1) is 13.2. The van der Waals surface area contributed by atoms with Gasteiger partial charge in [0.25, 0.3) is 0 Å². The second-order valence-electron chi connectivity index (χ2n) is 5.22. The predicted octanol–water partition coefficient (Wildman–Crippen LogP) is 3.24. The molecule has 2 nitrogen and oxygen atoms in total. The van der Waals surface area contributed by atoms with E-state index in [1.165, 1.54) is 0 Å². The molecule has 0 aromatic heterocycles. The number of nitrogens with one attached hydrogen (secondary N) is 1. The monoisotopic (exact) mass is 273 g/mol. The van der Waals surface area contributed by atoms with Crippen molar-refractivity contribution in [3.05, 3.63) is 33.8 Å². The van der Waals surface area contributed by atoms with Crippen LogP contribution < -0.4 is 5.32 Å². The zero-order valence-electron chi connectivity index (χ0n) is 10.0. The van der Waals surface area contributed by atoms with Gasteiger partial charge in [0, 0.05) is 18.0 Å². The van der Waals surface area contributed by atoms with Crippen LogP contribution in [-0.4, -0.2) is 17.3 Å². The number of rotatable bonds is 3. The molecule has 0 amide bonds. The standard InChI is InChI=1S/C13H17Cl2NO/c1-13(2)10(6-11(13)17)16-7-8-4-3-5-9(14)12(8)15/h3-5,10-11,16-17H,6-7H2,1-2H3. The van der Waals surface area contributed by atoms with Crippen LogP contribution in [0, 0.1) is 5.41 Å². The van der Waals surface area contributed by atoms with Gasteiger partial charge in [0.1, 0.15) is 0 Å². The van der Waals surface area contributed by atoms with E-state index in [4.69, 9.17) is 23.2 Å². The summed E-state index contributed by atoms with van der Waals surface area (Å²) in [7, 11) is 0. The number of hydrogen-bond acceptors (Lipinski definition) is 2. The van der Waals surface area contributed by atoms with Crippen molar-refractivity contribution in [3.63, 3.8) is 0 Å². The lowest BCUT2D eigenvalue weighted by molar-refractivity contribution is -0.0729. The molecule has 2 N–H and O–H groups in total. The average molecular weight is 274 g/mol. The van der Waals surface area contributed by atoms with Gasteiger partial charge in [-0.05, 0) is 18.1 Å². The zero-order valence-corrected chi connectivity index (χ0v) is 11.5. The van der Waals surface area contributed by atoms with Gasteiger partial charge in [-0.3, -0.25) is 0 Å². The minimum absolute atomic E-state index is 0.0644. The number of hydrogen-bond donors (Lipinski definition) is 2. The Bertz CT molecular complexity index is 420. The topological polar surface area (TPSA) is 32.3 Å². The van der Waals surface area contributed by atoms with Crippen LogP contribution in [-0.2, 0) is 6.54 Å². The molecular weight excluding hydrogens is 257 g/mol. The molecular formula is C13H17Cl2NO. The Morgan fingerprint density at radius 3 is 2.71 bits per heavy atom. The van der Waals surface area contributed by atoms with Crippen LogP contribution in [0.3, 0.4) is 0 Å². The summed E-state index contributed by atoms with van der Waals surface area (Å²) in [4.78, 5) is 0. The molecule has 2 atom stereocenters. The highest BCUT2D eigenvalue weighted by molar-refractivity contribution is 6.42. The van der Waals surface area contributed by atoms with Gasteiger partial charge in [0.15, 0.2) is 0 Å². The van der Waals surface area contributed by atoms with Gasteiger partial charge in [-0.25, -0.2) is 0 Å². The minimum Gasteiger partial charge on any atom is -0.392 e. The van der Waals surface area contributed by atoms with Gasteiger partial charge in [-0.2, -0.15) is 0 Å². The Labute approximate surface area is 112 Å². The average Bonchev–Trinajstić information content (AvgIpc) is 2.29. The smallest absolute Gasteiger partial charge is 0.0637 e. The van der Waals surface area contributed by atoms with E-state index < -0.39 is 0 Å².